The maximum Gasteiger partial charge on any atom is 0.573 e. The van der Waals surface area contributed by atoms with Crippen molar-refractivity contribution in [3.8, 4) is 22.9 Å². The zero-order valence-corrected chi connectivity index (χ0v) is 17.3. The number of rotatable bonds is 5. The van der Waals surface area contributed by atoms with Crippen LogP contribution in [-0.4, -0.2) is 54.3 Å². The molecule has 10 heteroatoms. The van der Waals surface area contributed by atoms with Gasteiger partial charge in [0.25, 0.3) is 5.91 Å². The van der Waals surface area contributed by atoms with E-state index in [9.17, 15) is 28.3 Å². The maximum atomic E-state index is 13.1. The van der Waals surface area contributed by atoms with Gasteiger partial charge in [0.05, 0.1) is 36.5 Å². The minimum absolute atomic E-state index is 0.0424. The summed E-state index contributed by atoms with van der Waals surface area (Å²) in [4.78, 5) is 19.1. The Morgan fingerprint density at radius 1 is 1.31 bits per heavy atom. The number of aliphatic hydroxyl groups excluding tert-OH is 1. The summed E-state index contributed by atoms with van der Waals surface area (Å²) in [5, 5.41) is 22.7. The number of alkyl halides is 3. The highest BCUT2D eigenvalue weighted by Crippen LogP contribution is 2.37. The number of hydrogen-bond acceptors (Lipinski definition) is 6. The van der Waals surface area contributed by atoms with E-state index in [2.05, 4.69) is 9.89 Å². The second-order valence-corrected chi connectivity index (χ2v) is 7.16. The van der Waals surface area contributed by atoms with Crippen LogP contribution in [0.4, 0.5) is 13.2 Å². The number of halogens is 3. The van der Waals surface area contributed by atoms with Gasteiger partial charge in [-0.05, 0) is 42.3 Å². The first kappa shape index (κ1) is 23.1. The molecule has 168 valence electrons. The Bertz CT molecular complexity index is 1090. The number of amides is 1. The van der Waals surface area contributed by atoms with Crippen LogP contribution in [0.3, 0.4) is 0 Å². The van der Waals surface area contributed by atoms with Crippen LogP contribution in [0, 0.1) is 18.3 Å². The fourth-order valence-corrected chi connectivity index (χ4v) is 3.67. The lowest BCUT2D eigenvalue weighted by Crippen LogP contribution is -2.37. The zero-order valence-electron chi connectivity index (χ0n) is 17.3. The Kier molecular flexibility index (Phi) is 6.69. The number of likely N-dealkylation sites (tertiary alicyclic amines) is 1. The summed E-state index contributed by atoms with van der Waals surface area (Å²) in [5.41, 5.74) is 1.77. The lowest BCUT2D eigenvalue weighted by molar-refractivity contribution is -0.274. The predicted octanol–water partition coefficient (Wildman–Crippen LogP) is 3.64. The van der Waals surface area contributed by atoms with Crippen LogP contribution in [0.5, 0.6) is 5.75 Å². The third kappa shape index (κ3) is 4.84. The molecule has 1 amide bonds. The highest BCUT2D eigenvalue weighted by Gasteiger charge is 2.35. The lowest BCUT2D eigenvalue weighted by Gasteiger charge is -2.23. The topological polar surface area (TPSA) is 95.2 Å². The molecule has 1 fully saturated rings. The van der Waals surface area contributed by atoms with E-state index < -0.39 is 24.1 Å². The minimum Gasteiger partial charge on any atom is -0.405 e. The molecule has 7 nitrogen and oxygen atoms in total. The number of nitriles is 1. The molecule has 1 saturated heterocycles. The van der Waals surface area contributed by atoms with Gasteiger partial charge in [0.15, 0.2) is 0 Å². The third-order valence-corrected chi connectivity index (χ3v) is 5.16. The molecule has 0 aliphatic carbocycles. The number of carbonyl (C=O) groups excluding carboxylic acids is 1. The molecule has 1 N–H and O–H groups in total. The smallest absolute Gasteiger partial charge is 0.405 e. The first-order chi connectivity index (χ1) is 15.2. The van der Waals surface area contributed by atoms with Crippen LogP contribution in [0.15, 0.2) is 41.6 Å². The van der Waals surface area contributed by atoms with Gasteiger partial charge in [-0.2, -0.15) is 5.26 Å². The van der Waals surface area contributed by atoms with Gasteiger partial charge in [-0.25, -0.2) is 0 Å². The molecule has 1 atom stereocenters. The molecule has 0 spiro atoms. The van der Waals surface area contributed by atoms with E-state index in [1.54, 1.807) is 25.1 Å². The minimum atomic E-state index is -4.99. The summed E-state index contributed by atoms with van der Waals surface area (Å²) in [6.45, 7) is 1.37. The summed E-state index contributed by atoms with van der Waals surface area (Å²) >= 11 is 0. The molecule has 3 rings (SSSR count). The van der Waals surface area contributed by atoms with Crippen molar-refractivity contribution in [2.45, 2.75) is 25.7 Å². The van der Waals surface area contributed by atoms with E-state index in [0.717, 1.165) is 6.07 Å². The van der Waals surface area contributed by atoms with E-state index in [-0.39, 0.29) is 24.3 Å². The number of carbonyl (C=O) groups is 1. The Morgan fingerprint density at radius 3 is 2.69 bits per heavy atom. The van der Waals surface area contributed by atoms with E-state index in [0.29, 0.717) is 28.8 Å². The zero-order chi connectivity index (χ0) is 23.5. The van der Waals surface area contributed by atoms with E-state index in [1.165, 1.54) is 24.1 Å². The molecule has 0 aromatic heterocycles. The van der Waals surface area contributed by atoms with Gasteiger partial charge in [-0.15, -0.1) is 13.2 Å². The van der Waals surface area contributed by atoms with Crippen molar-refractivity contribution in [3.05, 3.63) is 53.1 Å². The number of oxime groups is 1. The van der Waals surface area contributed by atoms with E-state index >= 15 is 0 Å². The van der Waals surface area contributed by atoms with E-state index in [1.807, 2.05) is 6.07 Å². The molecule has 0 radical (unpaired) electrons. The largest absolute Gasteiger partial charge is 0.573 e. The Morgan fingerprint density at radius 2 is 2.06 bits per heavy atom. The summed E-state index contributed by atoms with van der Waals surface area (Å²) in [7, 11) is 1.36. The second kappa shape index (κ2) is 9.28. The highest BCUT2D eigenvalue weighted by molar-refractivity contribution is 6.01. The highest BCUT2D eigenvalue weighted by atomic mass is 19.4. The number of benzene rings is 2. The standard InChI is InChI=1S/C22H20F3N3O4/c1-13-15(10-26)4-3-5-18(13)19-7-6-14(8-20(19)32-22(23,24)25)21(30)28-11-16(27-31-2)9-17(28)12-29/h3-8,17,29H,9,11-12H2,1-2H3/b27-16+/t17-/m0/s1. The van der Waals surface area contributed by atoms with Gasteiger partial charge in [0.1, 0.15) is 12.9 Å². The fraction of sp³-hybridized carbons (Fsp3) is 0.318. The normalized spacial score (nSPS) is 17.3. The fourth-order valence-electron chi connectivity index (χ4n) is 3.67. The van der Waals surface area contributed by atoms with Crippen molar-refractivity contribution in [3.63, 3.8) is 0 Å². The third-order valence-electron chi connectivity index (χ3n) is 5.16. The summed E-state index contributed by atoms with van der Waals surface area (Å²) in [6, 6.07) is 9.88. The quantitative estimate of drug-likeness (QED) is 0.707. The molecule has 1 aliphatic heterocycles. The molecule has 0 saturated carbocycles. The molecule has 1 heterocycles. The van der Waals surface area contributed by atoms with Crippen LogP contribution in [0.1, 0.15) is 27.9 Å². The Balaban J connectivity index is 2.05. The molecular formula is C22H20F3N3O4. The summed E-state index contributed by atoms with van der Waals surface area (Å²) in [6.07, 6.45) is -4.70. The number of hydrogen-bond donors (Lipinski definition) is 1. The van der Waals surface area contributed by atoms with Gasteiger partial charge in [-0.1, -0.05) is 17.3 Å². The average molecular weight is 447 g/mol. The molecule has 32 heavy (non-hydrogen) atoms. The van der Waals surface area contributed by atoms with Crippen LogP contribution in [0.25, 0.3) is 11.1 Å². The van der Waals surface area contributed by atoms with Gasteiger partial charge in [0.2, 0.25) is 0 Å². The van der Waals surface area contributed by atoms with E-state index in [4.69, 9.17) is 4.84 Å². The van der Waals surface area contributed by atoms with Crippen molar-refractivity contribution in [2.24, 2.45) is 5.16 Å². The van der Waals surface area contributed by atoms with Gasteiger partial charge < -0.3 is 19.6 Å². The van der Waals surface area contributed by atoms with Crippen molar-refractivity contribution in [1.82, 2.24) is 4.90 Å². The van der Waals surface area contributed by atoms with Crippen molar-refractivity contribution < 1.29 is 32.6 Å². The monoisotopic (exact) mass is 447 g/mol. The Hall–Kier alpha value is -3.58. The predicted molar refractivity (Wildman–Crippen MR) is 109 cm³/mol. The van der Waals surface area contributed by atoms with Crippen molar-refractivity contribution in [2.75, 3.05) is 20.3 Å². The first-order valence-electron chi connectivity index (χ1n) is 9.59. The maximum absolute atomic E-state index is 13.1. The molecule has 0 unspecified atom stereocenters. The number of aliphatic hydroxyl groups is 1. The first-order valence-corrected chi connectivity index (χ1v) is 9.59. The van der Waals surface area contributed by atoms with Crippen molar-refractivity contribution in [1.29, 1.82) is 5.26 Å². The van der Waals surface area contributed by atoms with Crippen LogP contribution < -0.4 is 4.74 Å². The number of ether oxygens (including phenoxy) is 1. The summed E-state index contributed by atoms with van der Waals surface area (Å²) < 4.78 is 43.6. The van der Waals surface area contributed by atoms with Gasteiger partial charge >= 0.3 is 6.36 Å². The number of nitrogens with zero attached hydrogens (tertiary/aromatic N) is 3. The van der Waals surface area contributed by atoms with Crippen molar-refractivity contribution >= 4 is 11.6 Å². The van der Waals surface area contributed by atoms with Gasteiger partial charge in [0, 0.05) is 17.5 Å². The van der Waals surface area contributed by atoms with Gasteiger partial charge in [-0.3, -0.25) is 4.79 Å². The van der Waals surface area contributed by atoms with Crippen LogP contribution in [0.2, 0.25) is 0 Å². The second-order valence-electron chi connectivity index (χ2n) is 7.16. The lowest BCUT2D eigenvalue weighted by atomic mass is 9.95. The molecule has 2 aromatic carbocycles. The molecule has 0 bridgehead atoms. The molecular weight excluding hydrogens is 427 g/mol. The molecule has 2 aromatic rings. The Labute approximate surface area is 182 Å². The summed E-state index contributed by atoms with van der Waals surface area (Å²) in [5.74, 6) is -1.14. The molecule has 1 aliphatic rings. The average Bonchev–Trinajstić information content (AvgIpc) is 3.16. The van der Waals surface area contributed by atoms with Crippen LogP contribution >= 0.6 is 0 Å². The van der Waals surface area contributed by atoms with Crippen LogP contribution in [-0.2, 0) is 4.84 Å². The SMILES string of the molecule is CO/N=C1\C[C@@H](CO)N(C(=O)c2ccc(-c3cccc(C#N)c3C)c(OC(F)(F)F)c2)C1.